The van der Waals surface area contributed by atoms with E-state index in [1.165, 1.54) is 12.2 Å². The van der Waals surface area contributed by atoms with Gasteiger partial charge in [0.1, 0.15) is 0 Å². The molecule has 15 heavy (non-hydrogen) atoms. The lowest BCUT2D eigenvalue weighted by Crippen LogP contribution is -2.11. The quantitative estimate of drug-likeness (QED) is 0.592. The van der Waals surface area contributed by atoms with Crippen molar-refractivity contribution in [3.05, 3.63) is 35.4 Å². The third kappa shape index (κ3) is 5.12. The molecule has 0 rings (SSSR count). The van der Waals surface area contributed by atoms with Gasteiger partial charge in [0.15, 0.2) is 0 Å². The highest BCUT2D eigenvalue weighted by Crippen LogP contribution is 2.25. The molecule has 0 spiro atoms. The standard InChI is InChI=1S/C12H17ClF2/c1-5-9(3)11(13)8-7-10(6-2)12(4,14)15/h6-9H,2,5H2,1,3-4H3/b10-7+,11-8+. The first-order chi connectivity index (χ1) is 6.82. The van der Waals surface area contributed by atoms with Crippen LogP contribution in [0.25, 0.3) is 0 Å². The molecule has 0 aromatic heterocycles. The average molecular weight is 235 g/mol. The second-order valence-electron chi connectivity index (χ2n) is 3.58. The van der Waals surface area contributed by atoms with Gasteiger partial charge in [-0.3, -0.25) is 0 Å². The normalized spacial score (nSPS) is 16.4. The number of halogens is 3. The van der Waals surface area contributed by atoms with Crippen molar-refractivity contribution >= 4 is 11.6 Å². The van der Waals surface area contributed by atoms with Crippen molar-refractivity contribution in [3.8, 4) is 0 Å². The minimum atomic E-state index is -2.87. The van der Waals surface area contributed by atoms with Crippen LogP contribution in [0.3, 0.4) is 0 Å². The van der Waals surface area contributed by atoms with Gasteiger partial charge in [-0.1, -0.05) is 44.2 Å². The summed E-state index contributed by atoms with van der Waals surface area (Å²) in [6.07, 6.45) is 4.87. The van der Waals surface area contributed by atoms with E-state index < -0.39 is 5.92 Å². The van der Waals surface area contributed by atoms with Crippen LogP contribution >= 0.6 is 11.6 Å². The zero-order valence-electron chi connectivity index (χ0n) is 9.36. The smallest absolute Gasteiger partial charge is 0.202 e. The van der Waals surface area contributed by atoms with Crippen LogP contribution in [-0.4, -0.2) is 5.92 Å². The molecule has 3 heteroatoms. The molecule has 86 valence electrons. The van der Waals surface area contributed by atoms with E-state index in [-0.39, 0.29) is 11.5 Å². The molecule has 0 saturated carbocycles. The summed E-state index contributed by atoms with van der Waals surface area (Å²) >= 11 is 5.92. The summed E-state index contributed by atoms with van der Waals surface area (Å²) < 4.78 is 25.8. The number of rotatable bonds is 5. The van der Waals surface area contributed by atoms with Crippen LogP contribution in [0, 0.1) is 5.92 Å². The second-order valence-corrected chi connectivity index (χ2v) is 4.01. The zero-order valence-corrected chi connectivity index (χ0v) is 10.1. The molecular formula is C12H17ClF2. The Kier molecular flexibility index (Phi) is 5.81. The molecule has 1 atom stereocenters. The average Bonchev–Trinajstić information content (AvgIpc) is 2.15. The van der Waals surface area contributed by atoms with Gasteiger partial charge in [-0.25, -0.2) is 8.78 Å². The monoisotopic (exact) mass is 234 g/mol. The molecule has 0 heterocycles. The Bertz CT molecular complexity index is 272. The van der Waals surface area contributed by atoms with Gasteiger partial charge in [0, 0.05) is 17.5 Å². The van der Waals surface area contributed by atoms with Gasteiger partial charge in [-0.15, -0.1) is 0 Å². The molecule has 0 aromatic carbocycles. The van der Waals surface area contributed by atoms with E-state index >= 15 is 0 Å². The summed E-state index contributed by atoms with van der Waals surface area (Å²) in [6, 6.07) is 0. The maximum Gasteiger partial charge on any atom is 0.270 e. The molecule has 0 aliphatic heterocycles. The number of hydrogen-bond acceptors (Lipinski definition) is 0. The highest BCUT2D eigenvalue weighted by atomic mass is 35.5. The topological polar surface area (TPSA) is 0 Å². The second kappa shape index (κ2) is 6.06. The van der Waals surface area contributed by atoms with Crippen molar-refractivity contribution in [3.63, 3.8) is 0 Å². The molecule has 0 aliphatic rings. The molecule has 0 nitrogen and oxygen atoms in total. The van der Waals surface area contributed by atoms with Crippen LogP contribution in [0.4, 0.5) is 8.78 Å². The lowest BCUT2D eigenvalue weighted by molar-refractivity contribution is 0.0676. The van der Waals surface area contributed by atoms with E-state index in [1.54, 1.807) is 0 Å². The Labute approximate surface area is 95.3 Å². The maximum atomic E-state index is 12.9. The van der Waals surface area contributed by atoms with Crippen LogP contribution in [0.2, 0.25) is 0 Å². The first-order valence-electron chi connectivity index (χ1n) is 4.91. The van der Waals surface area contributed by atoms with Crippen molar-refractivity contribution in [2.75, 3.05) is 0 Å². The maximum absolute atomic E-state index is 12.9. The van der Waals surface area contributed by atoms with E-state index in [0.717, 1.165) is 19.4 Å². The first kappa shape index (κ1) is 14.4. The van der Waals surface area contributed by atoms with Gasteiger partial charge in [-0.2, -0.15) is 0 Å². The molecule has 0 N–H and O–H groups in total. The molecule has 0 amide bonds. The fourth-order valence-corrected chi connectivity index (χ4v) is 1.14. The van der Waals surface area contributed by atoms with E-state index in [9.17, 15) is 8.78 Å². The third-order valence-corrected chi connectivity index (χ3v) is 2.73. The summed E-state index contributed by atoms with van der Waals surface area (Å²) in [6.45, 7) is 8.13. The molecule has 1 unspecified atom stereocenters. The number of allylic oxidation sites excluding steroid dienone is 5. The molecule has 0 radical (unpaired) electrons. The molecule has 0 fully saturated rings. The van der Waals surface area contributed by atoms with Gasteiger partial charge in [-0.05, 0) is 18.4 Å². The Morgan fingerprint density at radius 1 is 1.47 bits per heavy atom. The summed E-state index contributed by atoms with van der Waals surface area (Å²) in [5.41, 5.74) is -0.121. The van der Waals surface area contributed by atoms with Crippen LogP contribution in [-0.2, 0) is 0 Å². The largest absolute Gasteiger partial charge is 0.270 e. The minimum Gasteiger partial charge on any atom is -0.202 e. The highest BCUT2D eigenvalue weighted by molar-refractivity contribution is 6.29. The number of alkyl halides is 2. The van der Waals surface area contributed by atoms with Gasteiger partial charge in [0.2, 0.25) is 0 Å². The molecule has 0 aromatic rings. The Hall–Kier alpha value is -0.630. The summed E-state index contributed by atoms with van der Waals surface area (Å²) in [5, 5.41) is 0.584. The fourth-order valence-electron chi connectivity index (χ4n) is 0.922. The predicted molar refractivity (Wildman–Crippen MR) is 62.3 cm³/mol. The van der Waals surface area contributed by atoms with Crippen molar-refractivity contribution in [2.24, 2.45) is 5.92 Å². The van der Waals surface area contributed by atoms with Crippen molar-refractivity contribution in [1.82, 2.24) is 0 Å². The van der Waals surface area contributed by atoms with E-state index in [4.69, 9.17) is 11.6 Å². The molecule has 0 bridgehead atoms. The zero-order chi connectivity index (χ0) is 12.1. The van der Waals surface area contributed by atoms with Gasteiger partial charge in [0.25, 0.3) is 5.92 Å². The van der Waals surface area contributed by atoms with Crippen LogP contribution in [0.5, 0.6) is 0 Å². The fraction of sp³-hybridized carbons (Fsp3) is 0.500. The van der Waals surface area contributed by atoms with E-state index in [2.05, 4.69) is 6.58 Å². The van der Waals surface area contributed by atoms with Gasteiger partial charge >= 0.3 is 0 Å². The summed E-state index contributed by atoms with van der Waals surface area (Å²) in [5.74, 6) is -2.68. The summed E-state index contributed by atoms with van der Waals surface area (Å²) in [4.78, 5) is 0. The van der Waals surface area contributed by atoms with Crippen LogP contribution in [0.15, 0.2) is 35.4 Å². The Morgan fingerprint density at radius 2 is 2.00 bits per heavy atom. The van der Waals surface area contributed by atoms with Crippen LogP contribution in [0.1, 0.15) is 27.2 Å². The minimum absolute atomic E-state index is 0.121. The SMILES string of the molecule is C=C/C(=C\C=C(\Cl)C(C)CC)C(C)(F)F. The third-order valence-electron chi connectivity index (χ3n) is 2.23. The van der Waals surface area contributed by atoms with Crippen LogP contribution < -0.4 is 0 Å². The van der Waals surface area contributed by atoms with Gasteiger partial charge < -0.3 is 0 Å². The molecule has 0 saturated heterocycles. The predicted octanol–water partition coefficient (Wildman–Crippen LogP) is 4.92. The lowest BCUT2D eigenvalue weighted by atomic mass is 10.1. The van der Waals surface area contributed by atoms with Crippen molar-refractivity contribution in [1.29, 1.82) is 0 Å². The van der Waals surface area contributed by atoms with Crippen molar-refractivity contribution in [2.45, 2.75) is 33.1 Å². The van der Waals surface area contributed by atoms with Gasteiger partial charge in [0.05, 0.1) is 0 Å². The number of hydrogen-bond donors (Lipinski definition) is 0. The van der Waals surface area contributed by atoms with Crippen molar-refractivity contribution < 1.29 is 8.78 Å². The highest BCUT2D eigenvalue weighted by Gasteiger charge is 2.24. The first-order valence-corrected chi connectivity index (χ1v) is 5.28. The molecule has 0 aliphatic carbocycles. The molecular weight excluding hydrogens is 218 g/mol. The van der Waals surface area contributed by atoms with E-state index in [1.807, 2.05) is 13.8 Å². The lowest BCUT2D eigenvalue weighted by Gasteiger charge is -2.11. The summed E-state index contributed by atoms with van der Waals surface area (Å²) in [7, 11) is 0. The van der Waals surface area contributed by atoms with E-state index in [0.29, 0.717) is 5.03 Å². The Morgan fingerprint density at radius 3 is 2.33 bits per heavy atom. The Balaban J connectivity index is 4.81.